The molecular formula is C14H24N2O3. The normalized spacial score (nSPS) is 28.8. The average molecular weight is 268 g/mol. The van der Waals surface area contributed by atoms with Gasteiger partial charge in [-0.1, -0.05) is 13.8 Å². The van der Waals surface area contributed by atoms with Crippen molar-refractivity contribution < 1.29 is 14.7 Å². The van der Waals surface area contributed by atoms with Gasteiger partial charge in [-0.15, -0.1) is 0 Å². The number of nitrogens with one attached hydrogen (secondary N) is 2. The minimum Gasteiger partial charge on any atom is -0.481 e. The summed E-state index contributed by atoms with van der Waals surface area (Å²) >= 11 is 0. The van der Waals surface area contributed by atoms with Crippen LogP contribution < -0.4 is 10.6 Å². The van der Waals surface area contributed by atoms with Crippen LogP contribution in [0.4, 0.5) is 4.79 Å². The second-order valence-electron chi connectivity index (χ2n) is 6.30. The van der Waals surface area contributed by atoms with Gasteiger partial charge in [0.25, 0.3) is 0 Å². The zero-order valence-corrected chi connectivity index (χ0v) is 11.7. The highest BCUT2D eigenvalue weighted by Gasteiger charge is 2.46. The van der Waals surface area contributed by atoms with Gasteiger partial charge in [0.2, 0.25) is 0 Å². The summed E-state index contributed by atoms with van der Waals surface area (Å²) in [5.41, 5.74) is 0.00233. The lowest BCUT2D eigenvalue weighted by Crippen LogP contribution is -2.50. The van der Waals surface area contributed by atoms with Gasteiger partial charge in [0.05, 0.1) is 5.92 Å². The van der Waals surface area contributed by atoms with E-state index in [1.54, 1.807) is 0 Å². The molecule has 2 fully saturated rings. The molecule has 19 heavy (non-hydrogen) atoms. The molecule has 2 aliphatic carbocycles. The monoisotopic (exact) mass is 268 g/mol. The van der Waals surface area contributed by atoms with Crippen LogP contribution in [-0.2, 0) is 4.79 Å². The first kappa shape index (κ1) is 14.2. The molecule has 0 spiro atoms. The van der Waals surface area contributed by atoms with Gasteiger partial charge >= 0.3 is 12.0 Å². The van der Waals surface area contributed by atoms with Crippen molar-refractivity contribution in [2.45, 2.75) is 64.0 Å². The van der Waals surface area contributed by atoms with Crippen molar-refractivity contribution >= 4 is 12.0 Å². The molecule has 0 aromatic heterocycles. The standard InChI is InChI=1S/C14H24N2O3/c1-9(2)14(7-8-14)16-13(19)15-11-5-3-10(4-6-11)12(17)18/h9-11H,3-8H2,1-2H3,(H,17,18)(H2,15,16,19). The molecule has 0 aromatic carbocycles. The number of carbonyl (C=O) groups excluding carboxylic acids is 1. The van der Waals surface area contributed by atoms with Crippen molar-refractivity contribution in [3.8, 4) is 0 Å². The molecule has 3 N–H and O–H groups in total. The Morgan fingerprint density at radius 2 is 1.74 bits per heavy atom. The Morgan fingerprint density at radius 3 is 2.16 bits per heavy atom. The highest BCUT2D eigenvalue weighted by atomic mass is 16.4. The topological polar surface area (TPSA) is 78.4 Å². The Labute approximate surface area is 114 Å². The van der Waals surface area contributed by atoms with Crippen LogP contribution in [0.3, 0.4) is 0 Å². The number of carboxylic acids is 1. The zero-order valence-electron chi connectivity index (χ0n) is 11.7. The highest BCUT2D eigenvalue weighted by Crippen LogP contribution is 2.42. The largest absolute Gasteiger partial charge is 0.481 e. The first-order valence-electron chi connectivity index (χ1n) is 7.24. The molecule has 0 bridgehead atoms. The fourth-order valence-electron chi connectivity index (χ4n) is 2.91. The Bertz CT molecular complexity index is 356. The predicted molar refractivity (Wildman–Crippen MR) is 71.9 cm³/mol. The van der Waals surface area contributed by atoms with Crippen molar-refractivity contribution in [3.05, 3.63) is 0 Å². The number of aliphatic carboxylic acids is 1. The molecule has 0 atom stereocenters. The minimum atomic E-state index is -0.709. The molecule has 108 valence electrons. The Hall–Kier alpha value is -1.26. The van der Waals surface area contributed by atoms with Gasteiger partial charge in [0.15, 0.2) is 0 Å². The van der Waals surface area contributed by atoms with Crippen molar-refractivity contribution in [3.63, 3.8) is 0 Å². The van der Waals surface area contributed by atoms with E-state index in [0.717, 1.165) is 25.7 Å². The van der Waals surface area contributed by atoms with Crippen LogP contribution in [0.1, 0.15) is 52.4 Å². The number of urea groups is 1. The maximum Gasteiger partial charge on any atom is 0.315 e. The van der Waals surface area contributed by atoms with Crippen molar-refractivity contribution in [1.82, 2.24) is 10.6 Å². The summed E-state index contributed by atoms with van der Waals surface area (Å²) in [6.07, 6.45) is 4.97. The lowest BCUT2D eigenvalue weighted by molar-refractivity contribution is -0.142. The van der Waals surface area contributed by atoms with E-state index in [0.29, 0.717) is 18.8 Å². The van der Waals surface area contributed by atoms with E-state index in [4.69, 9.17) is 5.11 Å². The lowest BCUT2D eigenvalue weighted by atomic mass is 9.86. The molecule has 2 amide bonds. The Morgan fingerprint density at radius 1 is 1.16 bits per heavy atom. The van der Waals surface area contributed by atoms with Crippen LogP contribution in [0, 0.1) is 11.8 Å². The number of carboxylic acid groups (broad SMARTS) is 1. The van der Waals surface area contributed by atoms with E-state index in [9.17, 15) is 9.59 Å². The summed E-state index contributed by atoms with van der Waals surface area (Å²) < 4.78 is 0. The first-order valence-corrected chi connectivity index (χ1v) is 7.24. The Kier molecular flexibility index (Phi) is 4.02. The second kappa shape index (κ2) is 5.39. The van der Waals surface area contributed by atoms with Crippen LogP contribution in [0.15, 0.2) is 0 Å². The molecule has 0 aliphatic heterocycles. The number of hydrogen-bond acceptors (Lipinski definition) is 2. The van der Waals surface area contributed by atoms with Crippen LogP contribution in [0.5, 0.6) is 0 Å². The summed E-state index contributed by atoms with van der Waals surface area (Å²) in [6.45, 7) is 4.26. The van der Waals surface area contributed by atoms with Crippen LogP contribution >= 0.6 is 0 Å². The predicted octanol–water partition coefficient (Wildman–Crippen LogP) is 2.12. The van der Waals surface area contributed by atoms with Gasteiger partial charge in [0.1, 0.15) is 0 Å². The molecule has 0 heterocycles. The van der Waals surface area contributed by atoms with Crippen LogP contribution in [0.2, 0.25) is 0 Å². The molecule has 5 heteroatoms. The third kappa shape index (κ3) is 3.39. The number of amides is 2. The molecule has 0 radical (unpaired) electrons. The number of carbonyl (C=O) groups is 2. The zero-order chi connectivity index (χ0) is 14.0. The summed E-state index contributed by atoms with van der Waals surface area (Å²) in [4.78, 5) is 22.8. The molecular weight excluding hydrogens is 244 g/mol. The maximum atomic E-state index is 11.9. The van der Waals surface area contributed by atoms with E-state index in [1.807, 2.05) is 0 Å². The fraction of sp³-hybridized carbons (Fsp3) is 0.857. The molecule has 2 saturated carbocycles. The van der Waals surface area contributed by atoms with E-state index in [2.05, 4.69) is 24.5 Å². The molecule has 2 rings (SSSR count). The maximum absolute atomic E-state index is 11.9. The van der Waals surface area contributed by atoms with Crippen molar-refractivity contribution in [2.24, 2.45) is 11.8 Å². The third-order valence-electron chi connectivity index (χ3n) is 4.67. The third-order valence-corrected chi connectivity index (χ3v) is 4.67. The van der Waals surface area contributed by atoms with Gasteiger partial charge in [-0.05, 0) is 44.4 Å². The summed E-state index contributed by atoms with van der Waals surface area (Å²) in [6, 6.07) is 0.0311. The van der Waals surface area contributed by atoms with Gasteiger partial charge in [-0.3, -0.25) is 4.79 Å². The molecule has 0 aromatic rings. The number of hydrogen-bond donors (Lipinski definition) is 3. The summed E-state index contributed by atoms with van der Waals surface area (Å²) in [5, 5.41) is 15.0. The molecule has 0 unspecified atom stereocenters. The fourth-order valence-corrected chi connectivity index (χ4v) is 2.91. The molecule has 0 saturated heterocycles. The van der Waals surface area contributed by atoms with E-state index in [1.165, 1.54) is 0 Å². The van der Waals surface area contributed by atoms with Gasteiger partial charge in [-0.2, -0.15) is 0 Å². The second-order valence-corrected chi connectivity index (χ2v) is 6.30. The molecule has 5 nitrogen and oxygen atoms in total. The van der Waals surface area contributed by atoms with Crippen molar-refractivity contribution in [2.75, 3.05) is 0 Å². The van der Waals surface area contributed by atoms with Crippen LogP contribution in [0.25, 0.3) is 0 Å². The lowest BCUT2D eigenvalue weighted by Gasteiger charge is -2.28. The van der Waals surface area contributed by atoms with E-state index in [-0.39, 0.29) is 23.5 Å². The average Bonchev–Trinajstić information content (AvgIpc) is 3.10. The van der Waals surface area contributed by atoms with Gasteiger partial charge < -0.3 is 15.7 Å². The van der Waals surface area contributed by atoms with E-state index < -0.39 is 5.97 Å². The smallest absolute Gasteiger partial charge is 0.315 e. The number of rotatable bonds is 4. The molecule has 2 aliphatic rings. The van der Waals surface area contributed by atoms with Gasteiger partial charge in [-0.25, -0.2) is 4.79 Å². The highest BCUT2D eigenvalue weighted by molar-refractivity contribution is 5.76. The first-order chi connectivity index (χ1) is 8.93. The van der Waals surface area contributed by atoms with Gasteiger partial charge in [0, 0.05) is 11.6 Å². The van der Waals surface area contributed by atoms with E-state index >= 15 is 0 Å². The SMILES string of the molecule is CC(C)C1(NC(=O)NC2CCC(C(=O)O)CC2)CC1. The Balaban J connectivity index is 1.74. The van der Waals surface area contributed by atoms with Crippen molar-refractivity contribution in [1.29, 1.82) is 0 Å². The summed E-state index contributed by atoms with van der Waals surface area (Å²) in [7, 11) is 0. The quantitative estimate of drug-likeness (QED) is 0.730. The van der Waals surface area contributed by atoms with Crippen LogP contribution in [-0.4, -0.2) is 28.7 Å². The summed E-state index contributed by atoms with van der Waals surface area (Å²) in [5.74, 6) is -0.479. The minimum absolute atomic E-state index is 0.00233.